The second kappa shape index (κ2) is 7.79. The number of carbonyl (C=O) groups excluding carboxylic acids is 1. The van der Waals surface area contributed by atoms with Crippen molar-refractivity contribution in [2.24, 2.45) is 0 Å². The summed E-state index contributed by atoms with van der Waals surface area (Å²) in [4.78, 5) is 14.9. The van der Waals surface area contributed by atoms with Crippen LogP contribution in [0.5, 0.6) is 0 Å². The van der Waals surface area contributed by atoms with Gasteiger partial charge in [0.25, 0.3) is 0 Å². The van der Waals surface area contributed by atoms with Crippen molar-refractivity contribution < 1.29 is 9.53 Å². The third kappa shape index (κ3) is 3.83. The van der Waals surface area contributed by atoms with Gasteiger partial charge in [0.1, 0.15) is 6.33 Å². The van der Waals surface area contributed by atoms with Gasteiger partial charge in [0, 0.05) is 5.69 Å². The quantitative estimate of drug-likeness (QED) is 0.848. The predicted molar refractivity (Wildman–Crippen MR) is 95.1 cm³/mol. The summed E-state index contributed by atoms with van der Waals surface area (Å²) in [5.41, 5.74) is 1.46. The van der Waals surface area contributed by atoms with Crippen LogP contribution in [0.4, 0.5) is 10.5 Å². The first-order valence-electron chi connectivity index (χ1n) is 9.02. The molecule has 3 heterocycles. The molecule has 2 amide bonds. The van der Waals surface area contributed by atoms with Crippen molar-refractivity contribution >= 4 is 11.7 Å². The molecule has 2 fully saturated rings. The number of aromatic nitrogens is 4. The summed E-state index contributed by atoms with van der Waals surface area (Å²) < 4.78 is 7.17. The number of nitrogens with zero attached hydrogens (tertiary/aromatic N) is 5. The maximum Gasteiger partial charge on any atom is 0.319 e. The molecule has 0 spiro atoms. The number of anilines is 1. The van der Waals surface area contributed by atoms with Crippen molar-refractivity contribution in [1.29, 1.82) is 0 Å². The van der Waals surface area contributed by atoms with E-state index in [1.54, 1.807) is 4.68 Å². The molecule has 4 rings (SSSR count). The van der Waals surface area contributed by atoms with E-state index in [1.165, 1.54) is 25.6 Å². The highest BCUT2D eigenvalue weighted by Crippen LogP contribution is 2.19. The first-order chi connectivity index (χ1) is 12.8. The molecule has 0 bridgehead atoms. The van der Waals surface area contributed by atoms with Crippen molar-refractivity contribution in [3.63, 3.8) is 0 Å². The topological polar surface area (TPSA) is 97.2 Å². The molecular weight excluding hydrogens is 334 g/mol. The highest BCUT2D eigenvalue weighted by Gasteiger charge is 2.34. The van der Waals surface area contributed by atoms with E-state index in [9.17, 15) is 4.79 Å². The van der Waals surface area contributed by atoms with Crippen LogP contribution in [0.2, 0.25) is 0 Å². The average molecular weight is 357 g/mol. The van der Waals surface area contributed by atoms with E-state index in [0.717, 1.165) is 18.8 Å². The Morgan fingerprint density at radius 2 is 2.08 bits per heavy atom. The van der Waals surface area contributed by atoms with Crippen molar-refractivity contribution in [3.05, 3.63) is 30.6 Å². The maximum absolute atomic E-state index is 12.5. The number of benzene rings is 1. The molecule has 0 saturated carbocycles. The summed E-state index contributed by atoms with van der Waals surface area (Å²) in [6, 6.07) is 7.42. The SMILES string of the molecule is O=C(Nc1cccc(-n2cnnn2)c1)N[C@@H]1COC[C@H]1N1CCCCC1. The van der Waals surface area contributed by atoms with Crippen LogP contribution in [0.3, 0.4) is 0 Å². The molecule has 1 aromatic heterocycles. The van der Waals surface area contributed by atoms with Gasteiger partial charge in [0.2, 0.25) is 0 Å². The standard InChI is InChI=1S/C17H23N7O2/c25-17(19-13-5-4-6-14(9-13)24-12-18-21-22-24)20-15-10-26-11-16(15)23-7-2-1-3-8-23/h4-6,9,12,15-16H,1-3,7-8,10-11H2,(H2,19,20,25)/t15-,16-/m1/s1. The third-order valence-corrected chi connectivity index (χ3v) is 4.94. The third-order valence-electron chi connectivity index (χ3n) is 4.94. The molecule has 1 aromatic carbocycles. The second-order valence-corrected chi connectivity index (χ2v) is 6.71. The van der Waals surface area contributed by atoms with Crippen molar-refractivity contribution in [2.75, 3.05) is 31.6 Å². The summed E-state index contributed by atoms with van der Waals surface area (Å²) in [5, 5.41) is 17.1. The molecule has 2 aromatic rings. The molecule has 138 valence electrons. The minimum atomic E-state index is -0.226. The number of piperidine rings is 1. The normalized spacial score (nSPS) is 23.7. The fourth-order valence-corrected chi connectivity index (χ4v) is 3.63. The Hall–Kier alpha value is -2.52. The summed E-state index contributed by atoms with van der Waals surface area (Å²) in [5.74, 6) is 0. The predicted octanol–water partition coefficient (Wildman–Crippen LogP) is 1.04. The van der Waals surface area contributed by atoms with Crippen LogP contribution in [-0.4, -0.2) is 69.5 Å². The van der Waals surface area contributed by atoms with Gasteiger partial charge < -0.3 is 15.4 Å². The molecule has 2 aliphatic rings. The van der Waals surface area contributed by atoms with E-state index < -0.39 is 0 Å². The lowest BCUT2D eigenvalue weighted by Crippen LogP contribution is -2.53. The highest BCUT2D eigenvalue weighted by atomic mass is 16.5. The fraction of sp³-hybridized carbons (Fsp3) is 0.529. The Labute approximate surface area is 151 Å². The number of carbonyl (C=O) groups is 1. The summed E-state index contributed by atoms with van der Waals surface area (Å²) in [6.45, 7) is 3.41. The molecule has 9 heteroatoms. The van der Waals surface area contributed by atoms with Crippen LogP contribution < -0.4 is 10.6 Å². The lowest BCUT2D eigenvalue weighted by molar-refractivity contribution is 0.125. The van der Waals surface area contributed by atoms with E-state index in [2.05, 4.69) is 31.1 Å². The zero-order chi connectivity index (χ0) is 17.8. The zero-order valence-corrected chi connectivity index (χ0v) is 14.5. The minimum Gasteiger partial charge on any atom is -0.378 e. The number of likely N-dealkylation sites (tertiary alicyclic amines) is 1. The van der Waals surface area contributed by atoms with Crippen molar-refractivity contribution in [3.8, 4) is 5.69 Å². The van der Waals surface area contributed by atoms with Gasteiger partial charge in [0.05, 0.1) is 31.0 Å². The molecule has 26 heavy (non-hydrogen) atoms. The second-order valence-electron chi connectivity index (χ2n) is 6.71. The molecule has 9 nitrogen and oxygen atoms in total. The zero-order valence-electron chi connectivity index (χ0n) is 14.5. The number of urea groups is 1. The van der Waals surface area contributed by atoms with Crippen LogP contribution in [0, 0.1) is 0 Å². The lowest BCUT2D eigenvalue weighted by atomic mass is 10.1. The van der Waals surface area contributed by atoms with Gasteiger partial charge in [-0.1, -0.05) is 12.5 Å². The Kier molecular flexibility index (Phi) is 5.07. The highest BCUT2D eigenvalue weighted by molar-refractivity contribution is 5.89. The van der Waals surface area contributed by atoms with Gasteiger partial charge in [-0.15, -0.1) is 5.10 Å². The molecular formula is C17H23N7O2. The number of amides is 2. The van der Waals surface area contributed by atoms with E-state index in [-0.39, 0.29) is 18.1 Å². The Morgan fingerprint density at radius 3 is 2.88 bits per heavy atom. The van der Waals surface area contributed by atoms with Crippen molar-refractivity contribution in [2.45, 2.75) is 31.3 Å². The average Bonchev–Trinajstić information content (AvgIpc) is 3.34. The minimum absolute atomic E-state index is 0.01000. The van der Waals surface area contributed by atoms with Crippen LogP contribution >= 0.6 is 0 Å². The van der Waals surface area contributed by atoms with Gasteiger partial charge in [-0.2, -0.15) is 0 Å². The van der Waals surface area contributed by atoms with E-state index in [0.29, 0.717) is 18.9 Å². The maximum atomic E-state index is 12.5. The first kappa shape index (κ1) is 16.9. The number of ether oxygens (including phenoxy) is 1. The molecule has 0 unspecified atom stereocenters. The van der Waals surface area contributed by atoms with Gasteiger partial charge >= 0.3 is 6.03 Å². The monoisotopic (exact) mass is 357 g/mol. The summed E-state index contributed by atoms with van der Waals surface area (Å²) in [6.07, 6.45) is 5.25. The van der Waals surface area contributed by atoms with Crippen molar-refractivity contribution in [1.82, 2.24) is 30.4 Å². The summed E-state index contributed by atoms with van der Waals surface area (Å²) >= 11 is 0. The van der Waals surface area contributed by atoms with Gasteiger partial charge in [0.15, 0.2) is 0 Å². The number of nitrogens with one attached hydrogen (secondary N) is 2. The Bertz CT molecular complexity index is 730. The van der Waals surface area contributed by atoms with Crippen LogP contribution in [0.15, 0.2) is 30.6 Å². The first-order valence-corrected chi connectivity index (χ1v) is 9.02. The molecule has 2 atom stereocenters. The van der Waals surface area contributed by atoms with E-state index >= 15 is 0 Å². The molecule has 2 N–H and O–H groups in total. The fourth-order valence-electron chi connectivity index (χ4n) is 3.63. The molecule has 0 aliphatic carbocycles. The van der Waals surface area contributed by atoms with Gasteiger partial charge in [-0.3, -0.25) is 4.90 Å². The van der Waals surface area contributed by atoms with Crippen LogP contribution in [-0.2, 0) is 4.74 Å². The Balaban J connectivity index is 1.37. The number of hydrogen-bond acceptors (Lipinski definition) is 6. The Morgan fingerprint density at radius 1 is 1.19 bits per heavy atom. The van der Waals surface area contributed by atoms with Gasteiger partial charge in [-0.05, 0) is 54.6 Å². The lowest BCUT2D eigenvalue weighted by Gasteiger charge is -2.34. The van der Waals surface area contributed by atoms with Crippen LogP contribution in [0.25, 0.3) is 5.69 Å². The molecule has 2 aliphatic heterocycles. The summed E-state index contributed by atoms with van der Waals surface area (Å²) in [7, 11) is 0. The smallest absolute Gasteiger partial charge is 0.319 e. The number of tetrazole rings is 1. The van der Waals surface area contributed by atoms with Crippen LogP contribution in [0.1, 0.15) is 19.3 Å². The number of hydrogen-bond donors (Lipinski definition) is 2. The van der Waals surface area contributed by atoms with E-state index in [1.807, 2.05) is 24.3 Å². The molecule has 0 radical (unpaired) electrons. The number of rotatable bonds is 4. The molecule has 2 saturated heterocycles. The van der Waals surface area contributed by atoms with E-state index in [4.69, 9.17) is 4.74 Å². The van der Waals surface area contributed by atoms with Gasteiger partial charge in [-0.25, -0.2) is 9.48 Å². The largest absolute Gasteiger partial charge is 0.378 e.